The van der Waals surface area contributed by atoms with E-state index in [1.807, 2.05) is 0 Å². The van der Waals surface area contributed by atoms with Crippen molar-refractivity contribution in [3.63, 3.8) is 0 Å². The Morgan fingerprint density at radius 1 is 1.37 bits per heavy atom. The Morgan fingerprint density at radius 2 is 2.05 bits per heavy atom. The van der Waals surface area contributed by atoms with Crippen molar-refractivity contribution < 1.29 is 23.4 Å². The van der Waals surface area contributed by atoms with Gasteiger partial charge in [-0.1, -0.05) is 6.07 Å². The van der Waals surface area contributed by atoms with Crippen molar-refractivity contribution >= 4 is 0 Å². The maximum Gasteiger partial charge on any atom is 0.387 e. The molecule has 0 fully saturated rings. The summed E-state index contributed by atoms with van der Waals surface area (Å²) in [6, 6.07) is 4.72. The van der Waals surface area contributed by atoms with Crippen LogP contribution in [0, 0.1) is 0 Å². The van der Waals surface area contributed by atoms with E-state index in [0.717, 1.165) is 0 Å². The van der Waals surface area contributed by atoms with Gasteiger partial charge in [-0.3, -0.25) is 0 Å². The van der Waals surface area contributed by atoms with E-state index in [4.69, 9.17) is 4.74 Å². The first-order valence-electron chi connectivity index (χ1n) is 5.86. The van der Waals surface area contributed by atoms with Crippen LogP contribution in [0.2, 0.25) is 0 Å². The van der Waals surface area contributed by atoms with Crippen LogP contribution in [0.3, 0.4) is 0 Å². The molecular formula is C13H19F2NO3. The van der Waals surface area contributed by atoms with Gasteiger partial charge in [0.25, 0.3) is 0 Å². The molecule has 0 atom stereocenters. The van der Waals surface area contributed by atoms with E-state index >= 15 is 0 Å². The van der Waals surface area contributed by atoms with Crippen LogP contribution in [-0.2, 0) is 6.54 Å². The summed E-state index contributed by atoms with van der Waals surface area (Å²) >= 11 is 0. The Kier molecular flexibility index (Phi) is 5.50. The normalized spacial score (nSPS) is 11.7. The highest BCUT2D eigenvalue weighted by Gasteiger charge is 2.14. The van der Waals surface area contributed by atoms with Gasteiger partial charge in [0, 0.05) is 24.7 Å². The van der Waals surface area contributed by atoms with Crippen molar-refractivity contribution in [1.82, 2.24) is 5.32 Å². The quantitative estimate of drug-likeness (QED) is 0.800. The van der Waals surface area contributed by atoms with E-state index in [9.17, 15) is 13.9 Å². The molecule has 0 unspecified atom stereocenters. The van der Waals surface area contributed by atoms with E-state index in [2.05, 4.69) is 10.1 Å². The third kappa shape index (κ3) is 5.85. The predicted octanol–water partition coefficient (Wildman–Crippen LogP) is 2.16. The van der Waals surface area contributed by atoms with E-state index < -0.39 is 12.2 Å². The summed E-state index contributed by atoms with van der Waals surface area (Å²) in [5, 5.41) is 12.5. The Labute approximate surface area is 111 Å². The van der Waals surface area contributed by atoms with Crippen LogP contribution >= 0.6 is 0 Å². The summed E-state index contributed by atoms with van der Waals surface area (Å²) in [7, 11) is 1.45. The van der Waals surface area contributed by atoms with Gasteiger partial charge in [-0.2, -0.15) is 8.78 Å². The van der Waals surface area contributed by atoms with E-state index in [1.54, 1.807) is 26.0 Å². The largest absolute Gasteiger partial charge is 0.497 e. The minimum Gasteiger partial charge on any atom is -0.497 e. The van der Waals surface area contributed by atoms with Gasteiger partial charge in [0.15, 0.2) is 0 Å². The Morgan fingerprint density at radius 3 is 2.58 bits per heavy atom. The van der Waals surface area contributed by atoms with Gasteiger partial charge in [0.05, 0.1) is 12.7 Å². The molecule has 0 aliphatic carbocycles. The number of methoxy groups -OCH3 is 1. The molecular weight excluding hydrogens is 256 g/mol. The fourth-order valence-corrected chi connectivity index (χ4v) is 1.52. The highest BCUT2D eigenvalue weighted by atomic mass is 19.3. The van der Waals surface area contributed by atoms with Crippen LogP contribution in [0.4, 0.5) is 8.78 Å². The van der Waals surface area contributed by atoms with Crippen LogP contribution in [0.25, 0.3) is 0 Å². The number of alkyl halides is 2. The number of nitrogens with one attached hydrogen (secondary N) is 1. The minimum absolute atomic E-state index is 0.0672. The summed E-state index contributed by atoms with van der Waals surface area (Å²) in [4.78, 5) is 0. The van der Waals surface area contributed by atoms with E-state index in [-0.39, 0.29) is 5.75 Å². The Bertz CT molecular complexity index is 405. The summed E-state index contributed by atoms with van der Waals surface area (Å²) in [6.07, 6.45) is 0. The maximum atomic E-state index is 12.3. The third-order valence-corrected chi connectivity index (χ3v) is 2.36. The fraction of sp³-hybridized carbons (Fsp3) is 0.538. The molecule has 0 spiro atoms. The molecule has 1 aromatic carbocycles. The number of aliphatic hydroxyl groups is 1. The molecule has 0 bridgehead atoms. The molecule has 0 saturated carbocycles. The number of ether oxygens (including phenoxy) is 2. The second-order valence-electron chi connectivity index (χ2n) is 4.77. The smallest absolute Gasteiger partial charge is 0.387 e. The molecule has 0 saturated heterocycles. The number of rotatable bonds is 7. The minimum atomic E-state index is -2.89. The van der Waals surface area contributed by atoms with Crippen LogP contribution < -0.4 is 14.8 Å². The average molecular weight is 275 g/mol. The lowest BCUT2D eigenvalue weighted by Crippen LogP contribution is -2.34. The van der Waals surface area contributed by atoms with Crippen LogP contribution in [0.1, 0.15) is 19.4 Å². The molecule has 0 radical (unpaired) electrons. The molecule has 0 amide bonds. The molecule has 6 heteroatoms. The SMILES string of the molecule is COc1ccc(CNCC(C)(C)O)c(OC(F)F)c1. The lowest BCUT2D eigenvalue weighted by molar-refractivity contribution is -0.0506. The van der Waals surface area contributed by atoms with Crippen molar-refractivity contribution in [2.75, 3.05) is 13.7 Å². The molecule has 0 aliphatic heterocycles. The molecule has 0 heterocycles. The van der Waals surface area contributed by atoms with Gasteiger partial charge in [0.1, 0.15) is 11.5 Å². The third-order valence-electron chi connectivity index (χ3n) is 2.36. The molecule has 1 aromatic rings. The second kappa shape index (κ2) is 6.68. The average Bonchev–Trinajstić information content (AvgIpc) is 2.28. The topological polar surface area (TPSA) is 50.7 Å². The number of hydrogen-bond donors (Lipinski definition) is 2. The number of benzene rings is 1. The zero-order chi connectivity index (χ0) is 14.5. The van der Waals surface area contributed by atoms with E-state index in [0.29, 0.717) is 24.4 Å². The van der Waals surface area contributed by atoms with Crippen LogP contribution in [0.15, 0.2) is 18.2 Å². The zero-order valence-electron chi connectivity index (χ0n) is 11.2. The monoisotopic (exact) mass is 275 g/mol. The standard InChI is InChI=1S/C13H19F2NO3/c1-13(2,17)8-16-7-9-4-5-10(18-3)6-11(9)19-12(14)15/h4-6,12,16-17H,7-8H2,1-3H3. The molecule has 4 nitrogen and oxygen atoms in total. The maximum absolute atomic E-state index is 12.3. The first kappa shape index (κ1) is 15.7. The molecule has 0 aromatic heterocycles. The van der Waals surface area contributed by atoms with Crippen LogP contribution in [-0.4, -0.2) is 31.0 Å². The lowest BCUT2D eigenvalue weighted by Gasteiger charge is -2.19. The van der Waals surface area contributed by atoms with Crippen LogP contribution in [0.5, 0.6) is 11.5 Å². The van der Waals surface area contributed by atoms with Crippen molar-refractivity contribution in [2.45, 2.75) is 32.6 Å². The van der Waals surface area contributed by atoms with Crippen molar-refractivity contribution in [3.05, 3.63) is 23.8 Å². The zero-order valence-corrected chi connectivity index (χ0v) is 11.2. The predicted molar refractivity (Wildman–Crippen MR) is 67.6 cm³/mol. The first-order chi connectivity index (χ1) is 8.81. The fourth-order valence-electron chi connectivity index (χ4n) is 1.52. The van der Waals surface area contributed by atoms with Crippen molar-refractivity contribution in [2.24, 2.45) is 0 Å². The number of halogens is 2. The molecule has 19 heavy (non-hydrogen) atoms. The van der Waals surface area contributed by atoms with Gasteiger partial charge < -0.3 is 19.9 Å². The molecule has 108 valence electrons. The van der Waals surface area contributed by atoms with Gasteiger partial charge in [-0.15, -0.1) is 0 Å². The second-order valence-corrected chi connectivity index (χ2v) is 4.77. The highest BCUT2D eigenvalue weighted by Crippen LogP contribution is 2.26. The lowest BCUT2D eigenvalue weighted by atomic mass is 10.1. The molecule has 1 rings (SSSR count). The summed E-state index contributed by atoms with van der Waals surface area (Å²) in [5.41, 5.74) is -0.290. The number of hydrogen-bond acceptors (Lipinski definition) is 4. The Balaban J connectivity index is 2.75. The summed E-state index contributed by atoms with van der Waals surface area (Å²) in [6.45, 7) is 1.08. The van der Waals surface area contributed by atoms with Gasteiger partial charge in [-0.25, -0.2) is 0 Å². The summed E-state index contributed by atoms with van der Waals surface area (Å²) in [5.74, 6) is 0.513. The van der Waals surface area contributed by atoms with Gasteiger partial charge >= 0.3 is 6.61 Å². The van der Waals surface area contributed by atoms with E-state index in [1.165, 1.54) is 13.2 Å². The Hall–Kier alpha value is -1.40. The molecule has 0 aliphatic rings. The highest BCUT2D eigenvalue weighted by molar-refractivity contribution is 5.40. The first-order valence-corrected chi connectivity index (χ1v) is 5.86. The molecule has 2 N–H and O–H groups in total. The van der Waals surface area contributed by atoms with Gasteiger partial charge in [0.2, 0.25) is 0 Å². The summed E-state index contributed by atoms with van der Waals surface area (Å²) < 4.78 is 34.1. The van der Waals surface area contributed by atoms with Gasteiger partial charge in [-0.05, 0) is 19.9 Å². The van der Waals surface area contributed by atoms with Crippen molar-refractivity contribution in [1.29, 1.82) is 0 Å². The van der Waals surface area contributed by atoms with Crippen molar-refractivity contribution in [3.8, 4) is 11.5 Å².